The van der Waals surface area contributed by atoms with Crippen LogP contribution in [0.4, 0.5) is 5.95 Å². The van der Waals surface area contributed by atoms with Gasteiger partial charge in [0.25, 0.3) is 5.91 Å². The topological polar surface area (TPSA) is 118 Å². The molecular formula is C26H31N7O3. The largest absolute Gasteiger partial charge is 0.381 e. The van der Waals surface area contributed by atoms with Gasteiger partial charge >= 0.3 is 0 Å². The summed E-state index contributed by atoms with van der Waals surface area (Å²) in [4.78, 5) is 25.6. The Kier molecular flexibility index (Phi) is 6.06. The Hall–Kier alpha value is -3.50. The van der Waals surface area contributed by atoms with Gasteiger partial charge in [0, 0.05) is 55.8 Å². The number of nitrogens with one attached hydrogen (secondary N) is 3. The Morgan fingerprint density at radius 2 is 1.89 bits per heavy atom. The third-order valence-electron chi connectivity index (χ3n) is 7.61. The van der Waals surface area contributed by atoms with Crippen LogP contribution in [0, 0.1) is 0 Å². The van der Waals surface area contributed by atoms with Crippen molar-refractivity contribution in [2.75, 3.05) is 19.5 Å². The minimum Gasteiger partial charge on any atom is -0.381 e. The number of carbonyl (C=O) groups is 1. The second-order valence-electron chi connectivity index (χ2n) is 9.81. The molecule has 0 atom stereocenters. The molecule has 2 saturated carbocycles. The number of aromatic amines is 1. The van der Waals surface area contributed by atoms with E-state index in [4.69, 9.17) is 9.47 Å². The number of methoxy groups -OCH3 is 2. The summed E-state index contributed by atoms with van der Waals surface area (Å²) in [5, 5.41) is 11.9. The Morgan fingerprint density at radius 1 is 1.08 bits per heavy atom. The van der Waals surface area contributed by atoms with E-state index in [1.54, 1.807) is 24.9 Å². The van der Waals surface area contributed by atoms with Gasteiger partial charge in [-0.1, -0.05) is 0 Å². The number of amides is 1. The maximum Gasteiger partial charge on any atom is 0.255 e. The van der Waals surface area contributed by atoms with E-state index in [1.165, 1.54) is 0 Å². The van der Waals surface area contributed by atoms with Crippen molar-refractivity contribution in [2.45, 2.75) is 62.8 Å². The average Bonchev–Trinajstić information content (AvgIpc) is 3.50. The molecule has 2 fully saturated rings. The van der Waals surface area contributed by atoms with Crippen LogP contribution in [0.15, 0.2) is 36.9 Å². The maximum atomic E-state index is 13.1. The molecule has 0 unspecified atom stereocenters. The second-order valence-corrected chi connectivity index (χ2v) is 9.81. The molecule has 4 aromatic rings. The molecular weight excluding hydrogens is 458 g/mol. The summed E-state index contributed by atoms with van der Waals surface area (Å²) in [6.45, 7) is 0. The van der Waals surface area contributed by atoms with Crippen molar-refractivity contribution in [3.05, 3.63) is 42.5 Å². The lowest BCUT2D eigenvalue weighted by Gasteiger charge is -2.34. The molecule has 2 aliphatic carbocycles. The first-order valence-electron chi connectivity index (χ1n) is 12.6. The molecule has 0 aliphatic heterocycles. The van der Waals surface area contributed by atoms with Crippen LogP contribution in [0.3, 0.4) is 0 Å². The van der Waals surface area contributed by atoms with Gasteiger partial charge in [0.05, 0.1) is 29.5 Å². The van der Waals surface area contributed by atoms with Crippen LogP contribution < -0.4 is 10.6 Å². The van der Waals surface area contributed by atoms with E-state index >= 15 is 0 Å². The molecule has 0 aromatic carbocycles. The van der Waals surface area contributed by atoms with Crippen molar-refractivity contribution < 1.29 is 14.3 Å². The van der Waals surface area contributed by atoms with E-state index in [0.29, 0.717) is 29.8 Å². The van der Waals surface area contributed by atoms with Gasteiger partial charge in [-0.2, -0.15) is 10.1 Å². The number of pyridine rings is 1. The van der Waals surface area contributed by atoms with E-state index in [9.17, 15) is 4.79 Å². The number of nitrogens with zero attached hydrogens (tertiary/aromatic N) is 4. The van der Waals surface area contributed by atoms with Crippen molar-refractivity contribution in [2.24, 2.45) is 0 Å². The van der Waals surface area contributed by atoms with E-state index in [0.717, 1.165) is 66.2 Å². The van der Waals surface area contributed by atoms with Gasteiger partial charge in [-0.15, -0.1) is 0 Å². The smallest absolute Gasteiger partial charge is 0.255 e. The minimum absolute atomic E-state index is 0.0901. The van der Waals surface area contributed by atoms with Gasteiger partial charge in [0.2, 0.25) is 5.95 Å². The highest BCUT2D eigenvalue weighted by molar-refractivity contribution is 6.02. The van der Waals surface area contributed by atoms with Crippen LogP contribution in [0.5, 0.6) is 0 Å². The highest BCUT2D eigenvalue weighted by atomic mass is 16.5. The zero-order valence-electron chi connectivity index (χ0n) is 20.5. The van der Waals surface area contributed by atoms with Crippen molar-refractivity contribution in [1.82, 2.24) is 29.9 Å². The summed E-state index contributed by atoms with van der Waals surface area (Å²) >= 11 is 0. The summed E-state index contributed by atoms with van der Waals surface area (Å²) in [6.07, 6.45) is 13.6. The molecule has 10 nitrogen and oxygen atoms in total. The average molecular weight is 490 g/mol. The maximum absolute atomic E-state index is 13.1. The van der Waals surface area contributed by atoms with Crippen molar-refractivity contribution in [3.8, 4) is 11.1 Å². The first kappa shape index (κ1) is 22.9. The fourth-order valence-electron chi connectivity index (χ4n) is 5.30. The van der Waals surface area contributed by atoms with Crippen molar-refractivity contribution >= 4 is 28.4 Å². The SMILES string of the molecule is CO[C@H]1CC[C@H](NC(=O)c2cnn3ccc(-c4c[nH]c5nc(N[C@H]6C[C@@H](OC)C6)ncc45)cc23)CC1. The molecule has 0 bridgehead atoms. The molecule has 3 N–H and O–H groups in total. The highest BCUT2D eigenvalue weighted by Crippen LogP contribution is 2.31. The lowest BCUT2D eigenvalue weighted by molar-refractivity contribution is 0.0327. The molecule has 6 rings (SSSR count). The summed E-state index contributed by atoms with van der Waals surface area (Å²) in [6, 6.07) is 4.49. The predicted octanol–water partition coefficient (Wildman–Crippen LogP) is 3.55. The monoisotopic (exact) mass is 489 g/mol. The molecule has 0 saturated heterocycles. The van der Waals surface area contributed by atoms with E-state index < -0.39 is 0 Å². The lowest BCUT2D eigenvalue weighted by Crippen LogP contribution is -2.40. The molecule has 4 heterocycles. The van der Waals surface area contributed by atoms with Crippen LogP contribution in [0.1, 0.15) is 48.9 Å². The number of fused-ring (bicyclic) bond motifs is 2. The Labute approximate surface area is 208 Å². The summed E-state index contributed by atoms with van der Waals surface area (Å²) in [5.41, 5.74) is 4.05. The summed E-state index contributed by atoms with van der Waals surface area (Å²) in [7, 11) is 3.50. The summed E-state index contributed by atoms with van der Waals surface area (Å²) < 4.78 is 12.5. The molecule has 10 heteroatoms. The van der Waals surface area contributed by atoms with Crippen LogP contribution in [0.25, 0.3) is 27.7 Å². The number of carbonyl (C=O) groups excluding carboxylic acids is 1. The molecule has 188 valence electrons. The lowest BCUT2D eigenvalue weighted by atomic mass is 9.89. The number of hydrogen-bond donors (Lipinski definition) is 3. The Morgan fingerprint density at radius 3 is 2.67 bits per heavy atom. The zero-order chi connectivity index (χ0) is 24.6. The second kappa shape index (κ2) is 9.51. The molecule has 1 amide bonds. The third-order valence-corrected chi connectivity index (χ3v) is 7.61. The molecule has 2 aliphatic rings. The predicted molar refractivity (Wildman–Crippen MR) is 136 cm³/mol. The van der Waals surface area contributed by atoms with Crippen LogP contribution >= 0.6 is 0 Å². The van der Waals surface area contributed by atoms with E-state index in [1.807, 2.05) is 30.7 Å². The molecule has 0 radical (unpaired) electrons. The van der Waals surface area contributed by atoms with Crippen molar-refractivity contribution in [3.63, 3.8) is 0 Å². The first-order valence-corrected chi connectivity index (χ1v) is 12.6. The standard InChI is InChI=1S/C26H31N7O3/c1-35-18-5-3-16(4-6-18)30-25(34)22-14-29-33-8-7-15(9-23(22)33)20-12-27-24-21(20)13-28-26(32-24)31-17-10-19(11-17)36-2/h7-9,12-14,16-19H,3-6,10-11H2,1-2H3,(H,30,34)(H2,27,28,31,32)/t16-,17-,18-,19+. The van der Waals surface area contributed by atoms with Gasteiger partial charge in [-0.25, -0.2) is 9.50 Å². The van der Waals surface area contributed by atoms with Gasteiger partial charge in [0.15, 0.2) is 0 Å². The minimum atomic E-state index is -0.0901. The van der Waals surface area contributed by atoms with Gasteiger partial charge in [0.1, 0.15) is 5.65 Å². The number of ether oxygens (including phenoxy) is 2. The molecule has 0 spiro atoms. The number of H-pyrrole nitrogens is 1. The van der Waals surface area contributed by atoms with Gasteiger partial charge in [-0.3, -0.25) is 4.79 Å². The number of anilines is 1. The van der Waals surface area contributed by atoms with Gasteiger partial charge < -0.3 is 25.1 Å². The molecule has 36 heavy (non-hydrogen) atoms. The molecule has 4 aromatic heterocycles. The summed E-state index contributed by atoms with van der Waals surface area (Å²) in [5.74, 6) is 0.521. The van der Waals surface area contributed by atoms with E-state index in [-0.39, 0.29) is 11.9 Å². The fourth-order valence-corrected chi connectivity index (χ4v) is 5.30. The van der Waals surface area contributed by atoms with Crippen LogP contribution in [-0.2, 0) is 9.47 Å². The van der Waals surface area contributed by atoms with Crippen LogP contribution in [0.2, 0.25) is 0 Å². The first-order chi connectivity index (χ1) is 17.6. The fraction of sp³-hybridized carbons (Fsp3) is 0.462. The normalized spacial score (nSPS) is 24.1. The number of rotatable bonds is 7. The quantitative estimate of drug-likeness (QED) is 0.363. The zero-order valence-corrected chi connectivity index (χ0v) is 20.5. The Balaban J connectivity index is 1.21. The van der Waals surface area contributed by atoms with E-state index in [2.05, 4.69) is 30.7 Å². The third kappa shape index (κ3) is 4.31. The number of hydrogen-bond acceptors (Lipinski definition) is 7. The van der Waals surface area contributed by atoms with Crippen LogP contribution in [-0.4, -0.2) is 69.0 Å². The Bertz CT molecular complexity index is 1380. The highest BCUT2D eigenvalue weighted by Gasteiger charge is 2.29. The van der Waals surface area contributed by atoms with Crippen molar-refractivity contribution in [1.29, 1.82) is 0 Å². The number of aromatic nitrogens is 5. The van der Waals surface area contributed by atoms with Gasteiger partial charge in [-0.05, 0) is 56.2 Å².